The van der Waals surface area contributed by atoms with Crippen LogP contribution in [-0.4, -0.2) is 23.5 Å². The van der Waals surface area contributed by atoms with Crippen molar-refractivity contribution in [1.29, 1.82) is 0 Å². The van der Waals surface area contributed by atoms with Crippen molar-refractivity contribution in [2.75, 3.05) is 7.11 Å². The average Bonchev–Trinajstić information content (AvgIpc) is 2.42. The molecule has 3 nitrogen and oxygen atoms in total. The molecular weight excluding hydrogens is 238 g/mol. The first-order valence-electron chi connectivity index (χ1n) is 6.66. The van der Waals surface area contributed by atoms with Gasteiger partial charge in [0.1, 0.15) is 0 Å². The van der Waals surface area contributed by atoms with Crippen LogP contribution in [0.3, 0.4) is 0 Å². The van der Waals surface area contributed by atoms with Gasteiger partial charge < -0.3 is 4.74 Å². The molecule has 0 amide bonds. The Labute approximate surface area is 112 Å². The van der Waals surface area contributed by atoms with Gasteiger partial charge in [0.05, 0.1) is 11.1 Å². The van der Waals surface area contributed by atoms with Crippen LogP contribution in [0.15, 0.2) is 36.5 Å². The summed E-state index contributed by atoms with van der Waals surface area (Å²) in [4.78, 5) is 16.7. The molecule has 1 aliphatic carbocycles. The van der Waals surface area contributed by atoms with Gasteiger partial charge in [0.25, 0.3) is 0 Å². The molecule has 0 aliphatic heterocycles. The molecule has 1 saturated carbocycles. The minimum atomic E-state index is -0.220. The van der Waals surface area contributed by atoms with E-state index in [-0.39, 0.29) is 11.4 Å². The molecule has 1 heterocycles. The maximum absolute atomic E-state index is 12.3. The lowest BCUT2D eigenvalue weighted by molar-refractivity contribution is -0.0704. The number of ketones is 1. The van der Waals surface area contributed by atoms with Gasteiger partial charge in [0.15, 0.2) is 5.78 Å². The van der Waals surface area contributed by atoms with E-state index in [4.69, 9.17) is 4.74 Å². The van der Waals surface area contributed by atoms with Crippen molar-refractivity contribution < 1.29 is 9.53 Å². The van der Waals surface area contributed by atoms with E-state index >= 15 is 0 Å². The first-order valence-corrected chi connectivity index (χ1v) is 6.66. The summed E-state index contributed by atoms with van der Waals surface area (Å²) in [5.41, 5.74) is 1.38. The average molecular weight is 255 g/mol. The summed E-state index contributed by atoms with van der Waals surface area (Å²) in [7, 11) is 1.70. The van der Waals surface area contributed by atoms with Gasteiger partial charge in [-0.05, 0) is 31.4 Å². The van der Waals surface area contributed by atoms with E-state index < -0.39 is 0 Å². The second kappa shape index (κ2) is 4.74. The van der Waals surface area contributed by atoms with Crippen molar-refractivity contribution in [3.8, 4) is 0 Å². The van der Waals surface area contributed by atoms with E-state index in [1.807, 2.05) is 30.3 Å². The first-order chi connectivity index (χ1) is 9.22. The van der Waals surface area contributed by atoms with E-state index in [2.05, 4.69) is 4.98 Å². The quantitative estimate of drug-likeness (QED) is 0.786. The molecule has 2 aromatic rings. The Morgan fingerprint density at radius 2 is 2.16 bits per heavy atom. The molecule has 0 spiro atoms. The summed E-state index contributed by atoms with van der Waals surface area (Å²) in [6, 6.07) is 9.76. The fraction of sp³-hybridized carbons (Fsp3) is 0.375. The number of carbonyl (C=O) groups is 1. The highest BCUT2D eigenvalue weighted by Crippen LogP contribution is 2.38. The van der Waals surface area contributed by atoms with Gasteiger partial charge in [0.2, 0.25) is 0 Å². The lowest BCUT2D eigenvalue weighted by Gasteiger charge is -2.40. The largest absolute Gasteiger partial charge is 0.378 e. The zero-order chi connectivity index (χ0) is 13.3. The van der Waals surface area contributed by atoms with Crippen LogP contribution in [0.5, 0.6) is 0 Å². The molecule has 3 rings (SSSR count). The molecule has 98 valence electrons. The third kappa shape index (κ3) is 2.26. The normalized spacial score (nSPS) is 17.1. The zero-order valence-corrected chi connectivity index (χ0v) is 11.1. The number of Topliss-reactive ketones (excluding diaryl/α,β-unsaturated/α-hetero) is 1. The molecule has 0 radical (unpaired) electrons. The number of benzene rings is 1. The monoisotopic (exact) mass is 255 g/mol. The summed E-state index contributed by atoms with van der Waals surface area (Å²) in [5.74, 6) is 0.125. The number of hydrogen-bond donors (Lipinski definition) is 0. The van der Waals surface area contributed by atoms with E-state index in [9.17, 15) is 4.79 Å². The number of pyridine rings is 1. The zero-order valence-electron chi connectivity index (χ0n) is 11.1. The van der Waals surface area contributed by atoms with Gasteiger partial charge in [0, 0.05) is 30.7 Å². The van der Waals surface area contributed by atoms with Crippen molar-refractivity contribution >= 4 is 16.7 Å². The highest BCUT2D eigenvalue weighted by molar-refractivity contribution is 5.99. The second-order valence-corrected chi connectivity index (χ2v) is 5.26. The highest BCUT2D eigenvalue weighted by Gasteiger charge is 2.39. The lowest BCUT2D eigenvalue weighted by atomic mass is 9.76. The summed E-state index contributed by atoms with van der Waals surface area (Å²) in [6.07, 6.45) is 5.25. The molecule has 19 heavy (non-hydrogen) atoms. The Morgan fingerprint density at radius 3 is 2.84 bits per heavy atom. The summed E-state index contributed by atoms with van der Waals surface area (Å²) >= 11 is 0. The third-order valence-corrected chi connectivity index (χ3v) is 4.09. The molecule has 1 aromatic carbocycles. The number of methoxy groups -OCH3 is 1. The van der Waals surface area contributed by atoms with E-state index in [0.717, 1.165) is 30.2 Å². The minimum absolute atomic E-state index is 0.125. The number of para-hydroxylation sites is 1. The third-order valence-electron chi connectivity index (χ3n) is 4.09. The van der Waals surface area contributed by atoms with Gasteiger partial charge in [-0.15, -0.1) is 0 Å². The number of fused-ring (bicyclic) bond motifs is 1. The minimum Gasteiger partial charge on any atom is -0.378 e. The van der Waals surface area contributed by atoms with Crippen LogP contribution in [0, 0.1) is 0 Å². The van der Waals surface area contributed by atoms with Crippen molar-refractivity contribution in [2.45, 2.75) is 31.3 Å². The van der Waals surface area contributed by atoms with E-state index in [1.54, 1.807) is 13.3 Å². The van der Waals surface area contributed by atoms with Crippen molar-refractivity contribution in [1.82, 2.24) is 4.98 Å². The van der Waals surface area contributed by atoms with Gasteiger partial charge >= 0.3 is 0 Å². The molecule has 3 heteroatoms. The fourth-order valence-electron chi connectivity index (χ4n) is 2.64. The van der Waals surface area contributed by atoms with Crippen molar-refractivity contribution in [2.24, 2.45) is 0 Å². The number of carbonyl (C=O) groups excluding carboxylic acids is 1. The standard InChI is InChI=1S/C16H17NO2/c1-19-16(7-4-8-16)10-15(18)13-9-12-5-2-3-6-14(12)17-11-13/h2-3,5-6,9,11H,4,7-8,10H2,1H3. The Balaban J connectivity index is 1.85. The van der Waals surface area contributed by atoms with E-state index in [1.165, 1.54) is 0 Å². The molecular formula is C16H17NO2. The Morgan fingerprint density at radius 1 is 1.37 bits per heavy atom. The smallest absolute Gasteiger partial charge is 0.167 e. The van der Waals surface area contributed by atoms with Gasteiger partial charge in [-0.2, -0.15) is 0 Å². The Hall–Kier alpha value is -1.74. The predicted molar refractivity (Wildman–Crippen MR) is 74.3 cm³/mol. The van der Waals surface area contributed by atoms with Gasteiger partial charge in [-0.3, -0.25) is 9.78 Å². The van der Waals surface area contributed by atoms with Crippen LogP contribution in [0.1, 0.15) is 36.0 Å². The molecule has 0 atom stereocenters. The highest BCUT2D eigenvalue weighted by atomic mass is 16.5. The van der Waals surface area contributed by atoms with Crippen molar-refractivity contribution in [3.63, 3.8) is 0 Å². The molecule has 0 saturated heterocycles. The Bertz CT molecular complexity index is 611. The van der Waals surface area contributed by atoms with Gasteiger partial charge in [-0.25, -0.2) is 0 Å². The van der Waals surface area contributed by atoms with E-state index in [0.29, 0.717) is 12.0 Å². The maximum atomic E-state index is 12.3. The molecule has 1 aliphatic rings. The van der Waals surface area contributed by atoms with Crippen LogP contribution >= 0.6 is 0 Å². The lowest BCUT2D eigenvalue weighted by Crippen LogP contribution is -2.41. The number of rotatable bonds is 4. The van der Waals surface area contributed by atoms with Crippen molar-refractivity contribution in [3.05, 3.63) is 42.1 Å². The fourth-order valence-corrected chi connectivity index (χ4v) is 2.64. The summed E-state index contributed by atoms with van der Waals surface area (Å²) < 4.78 is 5.51. The van der Waals surface area contributed by atoms with Crippen LogP contribution in [0.2, 0.25) is 0 Å². The van der Waals surface area contributed by atoms with Crippen LogP contribution in [0.4, 0.5) is 0 Å². The number of ether oxygens (including phenoxy) is 1. The molecule has 1 fully saturated rings. The number of nitrogens with zero attached hydrogens (tertiary/aromatic N) is 1. The number of hydrogen-bond acceptors (Lipinski definition) is 3. The molecule has 0 unspecified atom stereocenters. The summed E-state index contributed by atoms with van der Waals surface area (Å²) in [6.45, 7) is 0. The first kappa shape index (κ1) is 12.3. The predicted octanol–water partition coefficient (Wildman–Crippen LogP) is 3.38. The Kier molecular flexibility index (Phi) is 3.07. The summed E-state index contributed by atoms with van der Waals surface area (Å²) in [5, 5.41) is 1.01. The molecule has 0 bridgehead atoms. The van der Waals surface area contributed by atoms with Crippen LogP contribution in [-0.2, 0) is 4.74 Å². The number of aromatic nitrogens is 1. The van der Waals surface area contributed by atoms with Crippen LogP contribution in [0.25, 0.3) is 10.9 Å². The maximum Gasteiger partial charge on any atom is 0.167 e. The SMILES string of the molecule is COC1(CC(=O)c2cnc3ccccc3c2)CCC1. The molecule has 1 aromatic heterocycles. The second-order valence-electron chi connectivity index (χ2n) is 5.26. The molecule has 0 N–H and O–H groups in total. The topological polar surface area (TPSA) is 39.2 Å². The van der Waals surface area contributed by atoms with Gasteiger partial charge in [-0.1, -0.05) is 18.2 Å². The van der Waals surface area contributed by atoms with Crippen LogP contribution < -0.4 is 0 Å².